The van der Waals surface area contributed by atoms with E-state index >= 15 is 0 Å². The predicted octanol–water partition coefficient (Wildman–Crippen LogP) is 2.87. The summed E-state index contributed by atoms with van der Waals surface area (Å²) in [5.74, 6) is 6.66. The van der Waals surface area contributed by atoms with Crippen LogP contribution in [0.1, 0.15) is 23.1 Å². The molecule has 3 heteroatoms. The van der Waals surface area contributed by atoms with E-state index in [0.717, 1.165) is 11.1 Å². The van der Waals surface area contributed by atoms with Crippen LogP contribution < -0.4 is 4.74 Å². The molecule has 0 spiro atoms. The zero-order chi connectivity index (χ0) is 14.9. The van der Waals surface area contributed by atoms with Crippen LogP contribution in [0.3, 0.4) is 0 Å². The van der Waals surface area contributed by atoms with E-state index in [2.05, 4.69) is 17.9 Å². The number of aliphatic hydroxyl groups is 1. The molecule has 0 aromatic heterocycles. The highest BCUT2D eigenvalue weighted by Gasteiger charge is 2.01. The number of nitrogens with zero attached hydrogens (tertiary/aromatic N) is 1. The van der Waals surface area contributed by atoms with Crippen molar-refractivity contribution in [3.05, 3.63) is 65.2 Å². The van der Waals surface area contributed by atoms with Gasteiger partial charge in [0, 0.05) is 17.5 Å². The largest absolute Gasteiger partial charge is 0.489 e. The molecular weight excluding hydrogens is 262 g/mol. The van der Waals surface area contributed by atoms with Gasteiger partial charge in [0.15, 0.2) is 0 Å². The molecule has 0 bridgehead atoms. The minimum Gasteiger partial charge on any atom is -0.489 e. The Kier molecular flexibility index (Phi) is 5.41. The minimum absolute atomic E-state index is 0.0664. The fourth-order valence-corrected chi connectivity index (χ4v) is 1.77. The first-order valence-corrected chi connectivity index (χ1v) is 6.64. The van der Waals surface area contributed by atoms with Gasteiger partial charge in [0.1, 0.15) is 12.4 Å². The van der Waals surface area contributed by atoms with Gasteiger partial charge >= 0.3 is 0 Å². The van der Waals surface area contributed by atoms with Gasteiger partial charge in [-0.15, -0.1) is 0 Å². The second kappa shape index (κ2) is 7.75. The van der Waals surface area contributed by atoms with Gasteiger partial charge in [0.25, 0.3) is 0 Å². The maximum atomic E-state index is 8.76. The summed E-state index contributed by atoms with van der Waals surface area (Å²) in [6, 6.07) is 16.8. The molecule has 0 radical (unpaired) electrons. The second-order valence-corrected chi connectivity index (χ2v) is 4.36. The molecule has 0 fully saturated rings. The lowest BCUT2D eigenvalue weighted by molar-refractivity contribution is 0.305. The quantitative estimate of drug-likeness (QED) is 0.874. The van der Waals surface area contributed by atoms with Crippen molar-refractivity contribution in [2.75, 3.05) is 6.61 Å². The number of benzene rings is 2. The number of hydrogen-bond acceptors (Lipinski definition) is 3. The molecule has 0 atom stereocenters. The van der Waals surface area contributed by atoms with Crippen LogP contribution >= 0.6 is 0 Å². The zero-order valence-electron chi connectivity index (χ0n) is 11.5. The molecule has 0 heterocycles. The number of nitriles is 1. The molecule has 0 saturated heterocycles. The molecule has 0 aliphatic rings. The Balaban J connectivity index is 2.06. The Hall–Kier alpha value is -2.75. The standard InChI is InChI=1S/C18H15NO2/c19-13-15-8-10-18(11-9-15)21-14-17-7-2-1-5-16(17)6-3-4-12-20/h1-2,5,7-11,20H,4,12,14H2. The Bertz CT molecular complexity index is 688. The molecular formula is C18H15NO2. The SMILES string of the molecule is N#Cc1ccc(OCc2ccccc2C#CCCO)cc1. The maximum Gasteiger partial charge on any atom is 0.119 e. The van der Waals surface area contributed by atoms with Crippen molar-refractivity contribution >= 4 is 0 Å². The first-order valence-electron chi connectivity index (χ1n) is 6.64. The third kappa shape index (κ3) is 4.38. The van der Waals surface area contributed by atoms with Crippen molar-refractivity contribution in [3.63, 3.8) is 0 Å². The Morgan fingerprint density at radius 3 is 2.52 bits per heavy atom. The van der Waals surface area contributed by atoms with Gasteiger partial charge in [0.05, 0.1) is 18.2 Å². The Morgan fingerprint density at radius 1 is 1.05 bits per heavy atom. The van der Waals surface area contributed by atoms with Gasteiger partial charge in [-0.05, 0) is 30.3 Å². The van der Waals surface area contributed by atoms with Crippen LogP contribution in [0.5, 0.6) is 5.75 Å². The van der Waals surface area contributed by atoms with Crippen LogP contribution in [-0.2, 0) is 6.61 Å². The smallest absolute Gasteiger partial charge is 0.119 e. The van der Waals surface area contributed by atoms with Gasteiger partial charge in [-0.3, -0.25) is 0 Å². The Labute approximate surface area is 124 Å². The van der Waals surface area contributed by atoms with E-state index in [1.54, 1.807) is 24.3 Å². The number of hydrogen-bond donors (Lipinski definition) is 1. The normalized spacial score (nSPS) is 9.33. The third-order valence-corrected chi connectivity index (χ3v) is 2.85. The highest BCUT2D eigenvalue weighted by molar-refractivity contribution is 5.41. The van der Waals surface area contributed by atoms with E-state index in [9.17, 15) is 0 Å². The number of aliphatic hydroxyl groups excluding tert-OH is 1. The monoisotopic (exact) mass is 277 g/mol. The van der Waals surface area contributed by atoms with Gasteiger partial charge in [0.2, 0.25) is 0 Å². The lowest BCUT2D eigenvalue weighted by Crippen LogP contribution is -1.98. The molecule has 104 valence electrons. The van der Waals surface area contributed by atoms with E-state index in [-0.39, 0.29) is 6.61 Å². The molecule has 2 aromatic carbocycles. The summed E-state index contributed by atoms with van der Waals surface area (Å²) in [5, 5.41) is 17.5. The lowest BCUT2D eigenvalue weighted by atomic mass is 10.1. The van der Waals surface area contributed by atoms with Gasteiger partial charge in [-0.25, -0.2) is 0 Å². The summed E-state index contributed by atoms with van der Waals surface area (Å²) in [4.78, 5) is 0. The van der Waals surface area contributed by atoms with E-state index in [0.29, 0.717) is 24.3 Å². The minimum atomic E-state index is 0.0664. The van der Waals surface area contributed by atoms with Crippen molar-refractivity contribution in [1.29, 1.82) is 5.26 Å². The van der Waals surface area contributed by atoms with Crippen LogP contribution in [0.4, 0.5) is 0 Å². The van der Waals surface area contributed by atoms with Crippen molar-refractivity contribution in [3.8, 4) is 23.7 Å². The maximum absolute atomic E-state index is 8.76. The molecule has 0 saturated carbocycles. The summed E-state index contributed by atoms with van der Waals surface area (Å²) in [7, 11) is 0. The highest BCUT2D eigenvalue weighted by atomic mass is 16.5. The average Bonchev–Trinajstić information content (AvgIpc) is 2.54. The summed E-state index contributed by atoms with van der Waals surface area (Å²) >= 11 is 0. The summed E-state index contributed by atoms with van der Waals surface area (Å²) < 4.78 is 5.71. The third-order valence-electron chi connectivity index (χ3n) is 2.85. The fraction of sp³-hybridized carbons (Fsp3) is 0.167. The van der Waals surface area contributed by atoms with Crippen molar-refractivity contribution in [2.24, 2.45) is 0 Å². The molecule has 2 aromatic rings. The number of ether oxygens (including phenoxy) is 1. The summed E-state index contributed by atoms with van der Waals surface area (Å²) in [6.45, 7) is 0.479. The van der Waals surface area contributed by atoms with Crippen LogP contribution in [0, 0.1) is 23.2 Å². The van der Waals surface area contributed by atoms with Crippen molar-refractivity contribution in [2.45, 2.75) is 13.0 Å². The lowest BCUT2D eigenvalue weighted by Gasteiger charge is -2.08. The van der Waals surface area contributed by atoms with Crippen LogP contribution in [-0.4, -0.2) is 11.7 Å². The van der Waals surface area contributed by atoms with E-state index in [1.807, 2.05) is 24.3 Å². The molecule has 1 N–H and O–H groups in total. The first kappa shape index (κ1) is 14.7. The van der Waals surface area contributed by atoms with Crippen LogP contribution in [0.25, 0.3) is 0 Å². The molecule has 0 aliphatic heterocycles. The molecule has 21 heavy (non-hydrogen) atoms. The topological polar surface area (TPSA) is 53.2 Å². The van der Waals surface area contributed by atoms with Crippen LogP contribution in [0.2, 0.25) is 0 Å². The summed E-state index contributed by atoms with van der Waals surface area (Å²) in [5.41, 5.74) is 2.50. The van der Waals surface area contributed by atoms with Gasteiger partial charge in [-0.1, -0.05) is 30.0 Å². The van der Waals surface area contributed by atoms with Gasteiger partial charge < -0.3 is 9.84 Å². The highest BCUT2D eigenvalue weighted by Crippen LogP contribution is 2.15. The molecule has 0 amide bonds. The van der Waals surface area contributed by atoms with Crippen molar-refractivity contribution in [1.82, 2.24) is 0 Å². The molecule has 3 nitrogen and oxygen atoms in total. The van der Waals surface area contributed by atoms with E-state index in [4.69, 9.17) is 15.1 Å². The van der Waals surface area contributed by atoms with Gasteiger partial charge in [-0.2, -0.15) is 5.26 Å². The summed E-state index contributed by atoms with van der Waals surface area (Å²) in [6.07, 6.45) is 0.463. The second-order valence-electron chi connectivity index (χ2n) is 4.36. The zero-order valence-corrected chi connectivity index (χ0v) is 11.5. The molecule has 0 aliphatic carbocycles. The number of rotatable bonds is 4. The first-order chi connectivity index (χ1) is 10.3. The van der Waals surface area contributed by atoms with Crippen LogP contribution in [0.15, 0.2) is 48.5 Å². The molecule has 2 rings (SSSR count). The fourth-order valence-electron chi connectivity index (χ4n) is 1.77. The molecule has 0 unspecified atom stereocenters. The predicted molar refractivity (Wildman–Crippen MR) is 80.5 cm³/mol. The van der Waals surface area contributed by atoms with Crippen molar-refractivity contribution < 1.29 is 9.84 Å². The average molecular weight is 277 g/mol. The van der Waals surface area contributed by atoms with E-state index in [1.165, 1.54) is 0 Å². The Morgan fingerprint density at radius 2 is 1.81 bits per heavy atom. The van der Waals surface area contributed by atoms with E-state index < -0.39 is 0 Å².